The Morgan fingerprint density at radius 1 is 1.25 bits per heavy atom. The quantitative estimate of drug-likeness (QED) is 0.476. The minimum atomic E-state index is -0.372. The number of nitrogens with zero attached hydrogens (tertiary/aromatic N) is 3. The van der Waals surface area contributed by atoms with Gasteiger partial charge in [-0.25, -0.2) is 4.99 Å². The smallest absolute Gasteiger partial charge is 0.241 e. The Balaban J connectivity index is 1.37. The maximum atomic E-state index is 12.7. The van der Waals surface area contributed by atoms with E-state index in [4.69, 9.17) is 12.2 Å². The van der Waals surface area contributed by atoms with Crippen LogP contribution in [0.15, 0.2) is 52.1 Å². The maximum absolute atomic E-state index is 12.7. The van der Waals surface area contributed by atoms with Gasteiger partial charge in [0, 0.05) is 23.6 Å². The lowest BCUT2D eigenvalue weighted by Gasteiger charge is -2.30. The summed E-state index contributed by atoms with van der Waals surface area (Å²) in [4.78, 5) is 34.7. The molecule has 1 aliphatic carbocycles. The predicted molar refractivity (Wildman–Crippen MR) is 116 cm³/mol. The van der Waals surface area contributed by atoms with E-state index in [1.165, 1.54) is 0 Å². The van der Waals surface area contributed by atoms with Crippen molar-refractivity contribution in [1.82, 2.24) is 15.2 Å². The third kappa shape index (κ3) is 5.42. The molecule has 6 nitrogen and oxygen atoms in total. The summed E-state index contributed by atoms with van der Waals surface area (Å²) in [6.07, 6.45) is 10.1. The number of hydrogen-bond donors (Lipinski definition) is 1. The molecule has 0 bridgehead atoms. The summed E-state index contributed by atoms with van der Waals surface area (Å²) in [5.41, 5.74) is 1.53. The van der Waals surface area contributed by atoms with Gasteiger partial charge in [-0.1, -0.05) is 34.5 Å². The zero-order chi connectivity index (χ0) is 19.9. The molecule has 1 aromatic rings. The largest absolute Gasteiger partial charge is 0.350 e. The van der Waals surface area contributed by atoms with Gasteiger partial charge in [0.15, 0.2) is 0 Å². The third-order valence-corrected chi connectivity index (χ3v) is 5.36. The lowest BCUT2D eigenvalue weighted by atomic mass is 9.95. The van der Waals surface area contributed by atoms with Crippen molar-refractivity contribution in [2.24, 2.45) is 10.9 Å². The van der Waals surface area contributed by atoms with Gasteiger partial charge in [0.05, 0.1) is 18.0 Å². The molecule has 1 aliphatic heterocycles. The number of unbranched alkanes of at least 4 members (excludes halogenated alkanes) is 2. The van der Waals surface area contributed by atoms with Crippen LogP contribution < -0.4 is 5.32 Å². The van der Waals surface area contributed by atoms with Crippen molar-refractivity contribution in [3.8, 4) is 0 Å². The van der Waals surface area contributed by atoms with Gasteiger partial charge < -0.3 is 5.32 Å². The number of carbonyl (C=O) groups excluding carboxylic acids is 2. The van der Waals surface area contributed by atoms with Crippen molar-refractivity contribution in [2.45, 2.75) is 32.2 Å². The van der Waals surface area contributed by atoms with Crippen LogP contribution >= 0.6 is 28.1 Å². The minimum Gasteiger partial charge on any atom is -0.350 e. The van der Waals surface area contributed by atoms with Gasteiger partial charge in [0.1, 0.15) is 5.92 Å². The Morgan fingerprint density at radius 3 is 2.89 bits per heavy atom. The molecule has 8 heteroatoms. The minimum absolute atomic E-state index is 0.00782. The monoisotopic (exact) mass is 460 g/mol. The van der Waals surface area contributed by atoms with Crippen LogP contribution in [0.2, 0.25) is 0 Å². The first-order chi connectivity index (χ1) is 13.5. The van der Waals surface area contributed by atoms with Crippen LogP contribution in [0, 0.1) is 5.92 Å². The predicted octanol–water partition coefficient (Wildman–Crippen LogP) is 3.29. The van der Waals surface area contributed by atoms with Crippen molar-refractivity contribution in [3.05, 3.63) is 52.8 Å². The van der Waals surface area contributed by atoms with Crippen molar-refractivity contribution >= 4 is 50.8 Å². The molecule has 1 aromatic heterocycles. The number of thiocarbonyl (C=S) groups is 1. The van der Waals surface area contributed by atoms with Crippen molar-refractivity contribution < 1.29 is 9.59 Å². The van der Waals surface area contributed by atoms with Gasteiger partial charge in [-0.2, -0.15) is 0 Å². The molecule has 0 saturated carbocycles. The molecule has 2 heterocycles. The van der Waals surface area contributed by atoms with Crippen LogP contribution in [0.25, 0.3) is 0 Å². The fourth-order valence-corrected chi connectivity index (χ4v) is 3.71. The van der Waals surface area contributed by atoms with E-state index in [9.17, 15) is 9.59 Å². The fourth-order valence-electron chi connectivity index (χ4n) is 3.02. The number of carbonyl (C=O) groups is 2. The molecular weight excluding hydrogens is 440 g/mol. The maximum Gasteiger partial charge on any atom is 0.241 e. The number of allylic oxidation sites excluding steroid dienone is 3. The van der Waals surface area contributed by atoms with E-state index in [0.29, 0.717) is 30.3 Å². The molecule has 146 valence electrons. The average Bonchev–Trinajstić information content (AvgIpc) is 2.70. The van der Waals surface area contributed by atoms with E-state index in [0.717, 1.165) is 29.4 Å². The van der Waals surface area contributed by atoms with Crippen LogP contribution in [0.1, 0.15) is 31.4 Å². The van der Waals surface area contributed by atoms with Crippen LogP contribution in [-0.4, -0.2) is 39.1 Å². The first kappa shape index (κ1) is 20.5. The SMILES string of the molecule is O=C(CCCCCN1C(=O)C2C=C(Br)C=CC2=NC1=S)NCc1ccccn1. The van der Waals surface area contributed by atoms with Crippen molar-refractivity contribution in [3.63, 3.8) is 0 Å². The highest BCUT2D eigenvalue weighted by atomic mass is 79.9. The number of nitrogens with one attached hydrogen (secondary N) is 1. The number of amides is 2. The van der Waals surface area contributed by atoms with Gasteiger partial charge in [-0.05, 0) is 49.3 Å². The lowest BCUT2D eigenvalue weighted by molar-refractivity contribution is -0.128. The van der Waals surface area contributed by atoms with Crippen LogP contribution in [0.4, 0.5) is 0 Å². The molecule has 2 amide bonds. The summed E-state index contributed by atoms with van der Waals surface area (Å²) in [5.74, 6) is -0.402. The number of aromatic nitrogens is 1. The summed E-state index contributed by atoms with van der Waals surface area (Å²) < 4.78 is 0.870. The summed E-state index contributed by atoms with van der Waals surface area (Å²) in [5, 5.41) is 3.19. The Morgan fingerprint density at radius 2 is 2.11 bits per heavy atom. The Labute approximate surface area is 177 Å². The highest BCUT2D eigenvalue weighted by Crippen LogP contribution is 2.25. The molecule has 0 radical (unpaired) electrons. The molecule has 0 spiro atoms. The summed E-state index contributed by atoms with van der Waals surface area (Å²) in [7, 11) is 0. The zero-order valence-corrected chi connectivity index (χ0v) is 17.7. The van der Waals surface area contributed by atoms with Gasteiger partial charge in [-0.3, -0.25) is 19.5 Å². The first-order valence-electron chi connectivity index (χ1n) is 9.20. The van der Waals surface area contributed by atoms with Crippen LogP contribution in [0.5, 0.6) is 0 Å². The first-order valence-corrected chi connectivity index (χ1v) is 10.4. The van der Waals surface area contributed by atoms with Crippen molar-refractivity contribution in [2.75, 3.05) is 6.54 Å². The molecule has 0 aromatic carbocycles. The number of pyridine rings is 1. The highest BCUT2D eigenvalue weighted by molar-refractivity contribution is 9.11. The topological polar surface area (TPSA) is 74.7 Å². The van der Waals surface area contributed by atoms with Gasteiger partial charge >= 0.3 is 0 Å². The number of halogens is 1. The van der Waals surface area contributed by atoms with Gasteiger partial charge in [0.25, 0.3) is 0 Å². The summed E-state index contributed by atoms with van der Waals surface area (Å²) in [6, 6.07) is 5.62. The molecule has 28 heavy (non-hydrogen) atoms. The number of rotatable bonds is 8. The van der Waals surface area contributed by atoms with E-state index >= 15 is 0 Å². The second-order valence-electron chi connectivity index (χ2n) is 6.58. The van der Waals surface area contributed by atoms with E-state index < -0.39 is 0 Å². The average molecular weight is 461 g/mol. The molecule has 1 N–H and O–H groups in total. The third-order valence-electron chi connectivity index (χ3n) is 4.52. The van der Waals surface area contributed by atoms with Crippen molar-refractivity contribution in [1.29, 1.82) is 0 Å². The number of aliphatic imine (C=N–C) groups is 1. The molecule has 1 unspecified atom stereocenters. The number of hydrogen-bond acceptors (Lipinski definition) is 4. The Hall–Kier alpha value is -2.19. The summed E-state index contributed by atoms with van der Waals surface area (Å²) >= 11 is 8.68. The second kappa shape index (κ2) is 9.84. The summed E-state index contributed by atoms with van der Waals surface area (Å²) in [6.45, 7) is 0.963. The van der Waals surface area contributed by atoms with E-state index in [1.807, 2.05) is 36.4 Å². The zero-order valence-electron chi connectivity index (χ0n) is 15.3. The molecule has 3 rings (SSSR count). The van der Waals surface area contributed by atoms with E-state index in [2.05, 4.69) is 31.2 Å². The van der Waals surface area contributed by atoms with Crippen LogP contribution in [-0.2, 0) is 16.1 Å². The molecular formula is C20H21BrN4O2S. The molecule has 0 fully saturated rings. The molecule has 0 saturated heterocycles. The molecule has 2 aliphatic rings. The Bertz CT molecular complexity index is 851. The fraction of sp³-hybridized carbons (Fsp3) is 0.350. The van der Waals surface area contributed by atoms with E-state index in [-0.39, 0.29) is 17.7 Å². The second-order valence-corrected chi connectivity index (χ2v) is 7.86. The normalized spacial score (nSPS) is 18.5. The Kier molecular flexibility index (Phi) is 7.22. The lowest BCUT2D eigenvalue weighted by Crippen LogP contribution is -2.46. The number of fused-ring (bicyclic) bond motifs is 1. The molecule has 1 atom stereocenters. The van der Waals surface area contributed by atoms with Crippen LogP contribution in [0.3, 0.4) is 0 Å². The van der Waals surface area contributed by atoms with E-state index in [1.54, 1.807) is 11.1 Å². The van der Waals surface area contributed by atoms with Gasteiger partial charge in [-0.15, -0.1) is 0 Å². The van der Waals surface area contributed by atoms with Gasteiger partial charge in [0.2, 0.25) is 16.9 Å². The highest BCUT2D eigenvalue weighted by Gasteiger charge is 2.34. The standard InChI is InChI=1S/C20H21BrN4O2S/c21-14-8-9-17-16(12-14)19(27)25(20(28)24-17)11-5-1-2-7-18(26)23-13-15-6-3-4-10-22-15/h3-4,6,8-10,12,16H,1-2,5,7,11,13H2,(H,23,26).